The van der Waals surface area contributed by atoms with Gasteiger partial charge < -0.3 is 15.1 Å². The van der Waals surface area contributed by atoms with Crippen LogP contribution in [0.1, 0.15) is 60.2 Å². The lowest BCUT2D eigenvalue weighted by Crippen LogP contribution is -2.34. The summed E-state index contributed by atoms with van der Waals surface area (Å²) >= 11 is 0. The van der Waals surface area contributed by atoms with Gasteiger partial charge in [0.1, 0.15) is 17.1 Å². The Bertz CT molecular complexity index is 910. The zero-order chi connectivity index (χ0) is 19.6. The van der Waals surface area contributed by atoms with E-state index in [0.29, 0.717) is 11.6 Å². The summed E-state index contributed by atoms with van der Waals surface area (Å²) in [5.41, 5.74) is 3.19. The third kappa shape index (κ3) is 4.19. The van der Waals surface area contributed by atoms with Crippen molar-refractivity contribution < 1.29 is 19.8 Å². The van der Waals surface area contributed by atoms with Gasteiger partial charge >= 0.3 is 5.97 Å². The van der Waals surface area contributed by atoms with Gasteiger partial charge in [-0.25, -0.2) is 4.79 Å². The van der Waals surface area contributed by atoms with E-state index >= 15 is 0 Å². The van der Waals surface area contributed by atoms with Gasteiger partial charge in [0.15, 0.2) is 0 Å². The Balaban J connectivity index is 1.84. The van der Waals surface area contributed by atoms with Crippen molar-refractivity contribution in [2.75, 3.05) is 0 Å². The quantitative estimate of drug-likeness (QED) is 0.457. The van der Waals surface area contributed by atoms with Gasteiger partial charge in [0.25, 0.3) is 0 Å². The fourth-order valence-corrected chi connectivity index (χ4v) is 3.47. The Morgan fingerprint density at radius 1 is 1.19 bits per heavy atom. The molecule has 0 aliphatic carbocycles. The van der Waals surface area contributed by atoms with Crippen molar-refractivity contribution in [1.82, 2.24) is 0 Å². The first-order valence-corrected chi connectivity index (χ1v) is 8.86. The average Bonchev–Trinajstić information content (AvgIpc) is 2.62. The van der Waals surface area contributed by atoms with Crippen molar-refractivity contribution >= 4 is 17.8 Å². The van der Waals surface area contributed by atoms with Gasteiger partial charge in [-0.1, -0.05) is 30.3 Å². The molecule has 5 nitrogen and oxygen atoms in total. The maximum absolute atomic E-state index is 10.9. The zero-order valence-electron chi connectivity index (χ0n) is 15.6. The highest BCUT2D eigenvalue weighted by Crippen LogP contribution is 2.40. The molecule has 2 N–H and O–H groups in total. The van der Waals surface area contributed by atoms with E-state index in [1.165, 1.54) is 12.1 Å². The van der Waals surface area contributed by atoms with Gasteiger partial charge in [-0.15, -0.1) is 0 Å². The first-order valence-electron chi connectivity index (χ1n) is 8.86. The van der Waals surface area contributed by atoms with E-state index in [0.717, 1.165) is 28.9 Å². The van der Waals surface area contributed by atoms with Crippen LogP contribution in [0, 0.1) is 0 Å². The van der Waals surface area contributed by atoms with Crippen LogP contribution in [0.15, 0.2) is 53.7 Å². The molecule has 1 unspecified atom stereocenters. The minimum Gasteiger partial charge on any atom is -0.488 e. The molecule has 0 aromatic heterocycles. The summed E-state index contributed by atoms with van der Waals surface area (Å²) in [6.45, 7) is 6.33. The van der Waals surface area contributed by atoms with Gasteiger partial charge in [-0.2, -0.15) is 0 Å². The summed E-state index contributed by atoms with van der Waals surface area (Å²) < 4.78 is 6.05. The van der Waals surface area contributed by atoms with Crippen LogP contribution in [0.5, 0.6) is 5.75 Å². The number of carboxylic acids is 1. The number of carbonyl (C=O) groups is 1. The second kappa shape index (κ2) is 7.27. The molecule has 0 amide bonds. The van der Waals surface area contributed by atoms with E-state index < -0.39 is 5.97 Å². The predicted molar refractivity (Wildman–Crippen MR) is 105 cm³/mol. The molecular weight excluding hydrogens is 342 g/mol. The van der Waals surface area contributed by atoms with Crippen LogP contribution < -0.4 is 4.74 Å². The van der Waals surface area contributed by atoms with Crippen molar-refractivity contribution in [3.8, 4) is 5.75 Å². The Hall–Kier alpha value is -3.08. The number of carboxylic acid groups (broad SMARTS) is 1. The van der Waals surface area contributed by atoms with Crippen molar-refractivity contribution in [2.45, 2.75) is 38.7 Å². The number of allylic oxidation sites excluding steroid dienone is 1. The van der Waals surface area contributed by atoms with E-state index in [9.17, 15) is 10.0 Å². The maximum Gasteiger partial charge on any atom is 0.335 e. The van der Waals surface area contributed by atoms with E-state index in [1.54, 1.807) is 24.3 Å². The van der Waals surface area contributed by atoms with E-state index in [4.69, 9.17) is 9.84 Å². The van der Waals surface area contributed by atoms with Crippen LogP contribution in [0.25, 0.3) is 6.08 Å². The normalized spacial score (nSPS) is 18.8. The van der Waals surface area contributed by atoms with Gasteiger partial charge in [-0.05, 0) is 73.7 Å². The highest BCUT2D eigenvalue weighted by molar-refractivity contribution is 6.10. The first-order chi connectivity index (χ1) is 12.8. The monoisotopic (exact) mass is 365 g/mol. The van der Waals surface area contributed by atoms with Crippen LogP contribution in [0.2, 0.25) is 0 Å². The Kier molecular flexibility index (Phi) is 5.04. The minimum absolute atomic E-state index is 0.191. The molecule has 0 fully saturated rings. The van der Waals surface area contributed by atoms with E-state index in [1.807, 2.05) is 18.2 Å². The largest absolute Gasteiger partial charge is 0.488 e. The topological polar surface area (TPSA) is 79.1 Å². The summed E-state index contributed by atoms with van der Waals surface area (Å²) in [5.74, 6) is 0.251. The van der Waals surface area contributed by atoms with Crippen molar-refractivity contribution in [3.63, 3.8) is 0 Å². The molecular formula is C22H23NO4. The van der Waals surface area contributed by atoms with Crippen LogP contribution in [-0.4, -0.2) is 27.6 Å². The van der Waals surface area contributed by atoms with Gasteiger partial charge in [0, 0.05) is 5.56 Å². The molecule has 5 heteroatoms. The molecule has 0 spiro atoms. The molecule has 1 atom stereocenters. The minimum atomic E-state index is -0.961. The predicted octanol–water partition coefficient (Wildman–Crippen LogP) is 4.94. The summed E-state index contributed by atoms with van der Waals surface area (Å²) in [6, 6.07) is 12.3. The Morgan fingerprint density at radius 3 is 2.48 bits per heavy atom. The highest BCUT2D eigenvalue weighted by atomic mass is 16.5. The van der Waals surface area contributed by atoms with Crippen molar-refractivity contribution in [3.05, 3.63) is 70.8 Å². The number of oxime groups is 1. The summed E-state index contributed by atoms with van der Waals surface area (Å²) in [6.07, 6.45) is 4.40. The maximum atomic E-state index is 10.9. The summed E-state index contributed by atoms with van der Waals surface area (Å²) in [4.78, 5) is 10.9. The number of ether oxygens (including phenoxy) is 1. The zero-order valence-corrected chi connectivity index (χ0v) is 15.6. The molecule has 1 aliphatic rings. The number of nitrogens with zero attached hydrogens (tertiary/aromatic N) is 1. The highest BCUT2D eigenvalue weighted by Gasteiger charge is 2.31. The lowest BCUT2D eigenvalue weighted by molar-refractivity contribution is 0.0696. The smallest absolute Gasteiger partial charge is 0.335 e. The molecule has 27 heavy (non-hydrogen) atoms. The summed E-state index contributed by atoms with van der Waals surface area (Å²) in [7, 11) is 0. The second-order valence-electron chi connectivity index (χ2n) is 7.47. The van der Waals surface area contributed by atoms with E-state index in [-0.39, 0.29) is 11.2 Å². The molecule has 0 saturated carbocycles. The number of hydrogen-bond acceptors (Lipinski definition) is 4. The van der Waals surface area contributed by atoms with Crippen molar-refractivity contribution in [1.29, 1.82) is 0 Å². The Morgan fingerprint density at radius 2 is 1.85 bits per heavy atom. The third-order valence-corrected chi connectivity index (χ3v) is 4.72. The first kappa shape index (κ1) is 18.7. The lowest BCUT2D eigenvalue weighted by Gasteiger charge is -2.36. The number of aromatic carboxylic acids is 1. The van der Waals surface area contributed by atoms with Gasteiger partial charge in [0.2, 0.25) is 0 Å². The average molecular weight is 365 g/mol. The molecule has 1 heterocycles. The Labute approximate surface area is 158 Å². The molecule has 3 rings (SSSR count). The van der Waals surface area contributed by atoms with Crippen LogP contribution in [0.3, 0.4) is 0 Å². The molecule has 2 aromatic rings. The number of fused-ring (bicyclic) bond motifs is 1. The molecule has 1 aliphatic heterocycles. The molecule has 0 radical (unpaired) electrons. The standard InChI is InChI=1S/C22H23NO4/c1-14-13-22(2,3)27-20-11-9-17(12-18(14)20)19(23-26)10-6-15-4-7-16(8-5-15)21(24)25/h4-12,14,26H,13H2,1-3H3,(H,24,25)/b10-6+,23-19-. The summed E-state index contributed by atoms with van der Waals surface area (Å²) in [5, 5.41) is 21.8. The van der Waals surface area contributed by atoms with Gasteiger partial charge in [-0.3, -0.25) is 0 Å². The SMILES string of the molecule is CC1CC(C)(C)Oc2ccc(C(/C=C/c3ccc(C(=O)O)cc3)=N\O)cc21. The number of rotatable bonds is 4. The fraction of sp³-hybridized carbons (Fsp3) is 0.273. The molecule has 0 saturated heterocycles. The third-order valence-electron chi connectivity index (χ3n) is 4.72. The second-order valence-corrected chi connectivity index (χ2v) is 7.47. The molecule has 2 aromatic carbocycles. The fourth-order valence-electron chi connectivity index (χ4n) is 3.47. The number of hydrogen-bond donors (Lipinski definition) is 2. The van der Waals surface area contributed by atoms with Crippen LogP contribution >= 0.6 is 0 Å². The van der Waals surface area contributed by atoms with E-state index in [2.05, 4.69) is 25.9 Å². The lowest BCUT2D eigenvalue weighted by atomic mass is 9.84. The molecule has 140 valence electrons. The van der Waals surface area contributed by atoms with Crippen molar-refractivity contribution in [2.24, 2.45) is 5.16 Å². The van der Waals surface area contributed by atoms with Crippen LogP contribution in [-0.2, 0) is 0 Å². The van der Waals surface area contributed by atoms with Gasteiger partial charge in [0.05, 0.1) is 5.56 Å². The van der Waals surface area contributed by atoms with Crippen LogP contribution in [0.4, 0.5) is 0 Å². The number of benzene rings is 2. The molecule has 0 bridgehead atoms.